The second-order valence-corrected chi connectivity index (χ2v) is 4.27. The molecule has 0 bridgehead atoms. The number of aryl methyl sites for hydroxylation is 1. The Labute approximate surface area is 96.8 Å². The van der Waals surface area contributed by atoms with Crippen LogP contribution in [-0.2, 0) is 0 Å². The lowest BCUT2D eigenvalue weighted by atomic mass is 10.2. The Morgan fingerprint density at radius 1 is 1.25 bits per heavy atom. The van der Waals surface area contributed by atoms with Crippen LogP contribution in [0.3, 0.4) is 0 Å². The summed E-state index contributed by atoms with van der Waals surface area (Å²) in [6.07, 6.45) is 1.77. The maximum Gasteiger partial charge on any atom is 0.139 e. The number of ether oxygens (including phenoxy) is 1. The Kier molecular flexibility index (Phi) is 3.29. The van der Waals surface area contributed by atoms with Crippen LogP contribution in [0, 0.1) is 6.92 Å². The third-order valence-electron chi connectivity index (χ3n) is 3.11. The van der Waals surface area contributed by atoms with Crippen molar-refractivity contribution in [1.82, 2.24) is 9.88 Å². The van der Waals surface area contributed by atoms with Gasteiger partial charge in [-0.05, 0) is 14.0 Å². The van der Waals surface area contributed by atoms with Crippen molar-refractivity contribution < 1.29 is 4.74 Å². The average molecular weight is 221 g/mol. The largest absolute Gasteiger partial charge is 0.495 e. The van der Waals surface area contributed by atoms with E-state index in [1.54, 1.807) is 13.3 Å². The zero-order chi connectivity index (χ0) is 11.5. The summed E-state index contributed by atoms with van der Waals surface area (Å²) >= 11 is 0. The molecule has 2 heterocycles. The van der Waals surface area contributed by atoms with Crippen LogP contribution >= 0.6 is 0 Å². The third-order valence-corrected chi connectivity index (χ3v) is 3.11. The van der Waals surface area contributed by atoms with Gasteiger partial charge in [0.15, 0.2) is 0 Å². The van der Waals surface area contributed by atoms with Crippen LogP contribution in [0.1, 0.15) is 5.69 Å². The van der Waals surface area contributed by atoms with E-state index in [1.807, 2.05) is 6.92 Å². The summed E-state index contributed by atoms with van der Waals surface area (Å²) in [5, 5.41) is 0. The Balaban J connectivity index is 2.19. The Bertz CT molecular complexity index is 359. The quantitative estimate of drug-likeness (QED) is 0.749. The lowest BCUT2D eigenvalue weighted by Gasteiger charge is -2.34. The summed E-state index contributed by atoms with van der Waals surface area (Å²) in [6, 6.07) is 2.08. The van der Waals surface area contributed by atoms with Gasteiger partial charge in [-0.1, -0.05) is 0 Å². The number of pyridine rings is 1. The molecule has 0 radical (unpaired) electrons. The summed E-state index contributed by atoms with van der Waals surface area (Å²) in [7, 11) is 3.84. The molecule has 0 aromatic carbocycles. The Morgan fingerprint density at radius 3 is 2.56 bits per heavy atom. The predicted octanol–water partition coefficient (Wildman–Crippen LogP) is 1.15. The predicted molar refractivity (Wildman–Crippen MR) is 65.2 cm³/mol. The number of methoxy groups -OCH3 is 1. The molecule has 1 aliphatic rings. The van der Waals surface area contributed by atoms with E-state index in [9.17, 15) is 0 Å². The zero-order valence-electron chi connectivity index (χ0n) is 10.2. The van der Waals surface area contributed by atoms with Gasteiger partial charge in [0.1, 0.15) is 5.75 Å². The van der Waals surface area contributed by atoms with Gasteiger partial charge in [-0.15, -0.1) is 0 Å². The molecule has 0 N–H and O–H groups in total. The Hall–Kier alpha value is -1.29. The van der Waals surface area contributed by atoms with E-state index in [1.165, 1.54) is 5.69 Å². The van der Waals surface area contributed by atoms with Gasteiger partial charge >= 0.3 is 0 Å². The van der Waals surface area contributed by atoms with Crippen molar-refractivity contribution in [3.05, 3.63) is 18.0 Å². The van der Waals surface area contributed by atoms with Gasteiger partial charge in [-0.2, -0.15) is 0 Å². The van der Waals surface area contributed by atoms with E-state index in [2.05, 4.69) is 27.9 Å². The fourth-order valence-electron chi connectivity index (χ4n) is 1.98. The molecule has 1 saturated heterocycles. The fourth-order valence-corrected chi connectivity index (χ4v) is 1.98. The zero-order valence-corrected chi connectivity index (χ0v) is 10.2. The summed E-state index contributed by atoms with van der Waals surface area (Å²) in [5.41, 5.74) is 2.28. The average Bonchev–Trinajstić information content (AvgIpc) is 2.31. The molecule has 1 fully saturated rings. The minimum Gasteiger partial charge on any atom is -0.495 e. The molecule has 0 spiro atoms. The molecule has 1 aliphatic heterocycles. The summed E-state index contributed by atoms with van der Waals surface area (Å²) in [6.45, 7) is 6.39. The lowest BCUT2D eigenvalue weighted by Crippen LogP contribution is -2.44. The van der Waals surface area contributed by atoms with Gasteiger partial charge in [0, 0.05) is 32.2 Å². The van der Waals surface area contributed by atoms with Gasteiger partial charge < -0.3 is 14.5 Å². The first-order valence-electron chi connectivity index (χ1n) is 5.65. The molecule has 0 unspecified atom stereocenters. The number of likely N-dealkylation sites (N-methyl/N-ethyl adjacent to an activating group) is 1. The number of nitrogens with zero attached hydrogens (tertiary/aromatic N) is 3. The highest BCUT2D eigenvalue weighted by atomic mass is 16.5. The molecule has 0 saturated carbocycles. The number of hydrogen-bond donors (Lipinski definition) is 0. The highest BCUT2D eigenvalue weighted by Gasteiger charge is 2.16. The van der Waals surface area contributed by atoms with Gasteiger partial charge in [0.2, 0.25) is 0 Å². The SMILES string of the molecule is COc1cnc(C)c(N2CCN(C)CC2)c1. The van der Waals surface area contributed by atoms with E-state index >= 15 is 0 Å². The van der Waals surface area contributed by atoms with Crippen molar-refractivity contribution in [2.45, 2.75) is 6.92 Å². The first-order chi connectivity index (χ1) is 7.70. The van der Waals surface area contributed by atoms with Crippen LogP contribution in [0.4, 0.5) is 5.69 Å². The fraction of sp³-hybridized carbons (Fsp3) is 0.583. The number of anilines is 1. The lowest BCUT2D eigenvalue weighted by molar-refractivity contribution is 0.312. The molecule has 1 aromatic heterocycles. The van der Waals surface area contributed by atoms with Crippen molar-refractivity contribution >= 4 is 5.69 Å². The van der Waals surface area contributed by atoms with Crippen LogP contribution in [-0.4, -0.2) is 50.2 Å². The summed E-state index contributed by atoms with van der Waals surface area (Å²) < 4.78 is 5.22. The molecule has 0 amide bonds. The van der Waals surface area contributed by atoms with Crippen LogP contribution in [0.15, 0.2) is 12.3 Å². The first kappa shape index (κ1) is 11.2. The van der Waals surface area contributed by atoms with Gasteiger partial charge in [-0.3, -0.25) is 4.98 Å². The summed E-state index contributed by atoms with van der Waals surface area (Å²) in [5.74, 6) is 0.833. The topological polar surface area (TPSA) is 28.6 Å². The number of rotatable bonds is 2. The minimum atomic E-state index is 0.833. The standard InChI is InChI=1S/C12H19N3O/c1-10-12(8-11(16-3)9-13-10)15-6-4-14(2)5-7-15/h8-9H,4-7H2,1-3H3. The molecule has 4 nitrogen and oxygen atoms in total. The highest BCUT2D eigenvalue weighted by Crippen LogP contribution is 2.24. The monoisotopic (exact) mass is 221 g/mol. The number of piperazine rings is 1. The Morgan fingerprint density at radius 2 is 1.94 bits per heavy atom. The smallest absolute Gasteiger partial charge is 0.139 e. The van der Waals surface area contributed by atoms with Crippen LogP contribution in [0.25, 0.3) is 0 Å². The van der Waals surface area contributed by atoms with Crippen molar-refractivity contribution in [2.75, 3.05) is 45.2 Å². The van der Waals surface area contributed by atoms with E-state index in [0.717, 1.165) is 37.6 Å². The van der Waals surface area contributed by atoms with E-state index in [-0.39, 0.29) is 0 Å². The maximum atomic E-state index is 5.22. The molecule has 1 aromatic rings. The van der Waals surface area contributed by atoms with E-state index in [4.69, 9.17) is 4.74 Å². The van der Waals surface area contributed by atoms with Crippen molar-refractivity contribution in [3.8, 4) is 5.75 Å². The van der Waals surface area contributed by atoms with E-state index in [0.29, 0.717) is 0 Å². The van der Waals surface area contributed by atoms with Crippen molar-refractivity contribution in [1.29, 1.82) is 0 Å². The number of hydrogen-bond acceptors (Lipinski definition) is 4. The first-order valence-corrected chi connectivity index (χ1v) is 5.65. The number of aromatic nitrogens is 1. The van der Waals surface area contributed by atoms with Gasteiger partial charge in [-0.25, -0.2) is 0 Å². The highest BCUT2D eigenvalue weighted by molar-refractivity contribution is 5.53. The van der Waals surface area contributed by atoms with Crippen molar-refractivity contribution in [2.24, 2.45) is 0 Å². The molecule has 4 heteroatoms. The maximum absolute atomic E-state index is 5.22. The third kappa shape index (κ3) is 2.27. The molecule has 0 atom stereocenters. The van der Waals surface area contributed by atoms with Crippen LogP contribution in [0.2, 0.25) is 0 Å². The second-order valence-electron chi connectivity index (χ2n) is 4.27. The molecule has 88 valence electrons. The van der Waals surface area contributed by atoms with E-state index < -0.39 is 0 Å². The molecule has 16 heavy (non-hydrogen) atoms. The van der Waals surface area contributed by atoms with Gasteiger partial charge in [0.05, 0.1) is 24.7 Å². The van der Waals surface area contributed by atoms with Gasteiger partial charge in [0.25, 0.3) is 0 Å². The van der Waals surface area contributed by atoms with Crippen LogP contribution < -0.4 is 9.64 Å². The summed E-state index contributed by atoms with van der Waals surface area (Å²) in [4.78, 5) is 9.09. The molecular formula is C12H19N3O. The molecule has 2 rings (SSSR count). The second kappa shape index (κ2) is 4.70. The van der Waals surface area contributed by atoms with Crippen molar-refractivity contribution in [3.63, 3.8) is 0 Å². The molecule has 0 aliphatic carbocycles. The molecular weight excluding hydrogens is 202 g/mol. The van der Waals surface area contributed by atoms with Crippen LogP contribution in [0.5, 0.6) is 5.75 Å². The normalized spacial score (nSPS) is 17.6. The minimum absolute atomic E-state index is 0.833.